The number of hydrogen-bond donors (Lipinski definition) is 3. The van der Waals surface area contributed by atoms with Gasteiger partial charge >= 0.3 is 6.03 Å². The van der Waals surface area contributed by atoms with Crippen molar-refractivity contribution >= 4 is 23.4 Å². The van der Waals surface area contributed by atoms with E-state index in [2.05, 4.69) is 20.9 Å². The zero-order chi connectivity index (χ0) is 20.0. The Morgan fingerprint density at radius 2 is 1.81 bits per heavy atom. The third-order valence-electron chi connectivity index (χ3n) is 3.44. The van der Waals surface area contributed by atoms with E-state index >= 15 is 0 Å². The van der Waals surface area contributed by atoms with Crippen LogP contribution in [0.2, 0.25) is 0 Å². The van der Waals surface area contributed by atoms with Crippen LogP contribution >= 0.6 is 0 Å². The molecule has 144 valence electrons. The Bertz CT molecular complexity index is 845. The number of anilines is 2. The van der Waals surface area contributed by atoms with Crippen LogP contribution in [0.15, 0.2) is 30.5 Å². The quantitative estimate of drug-likeness (QED) is 0.668. The van der Waals surface area contributed by atoms with Crippen molar-refractivity contribution in [1.29, 1.82) is 0 Å². The second kappa shape index (κ2) is 8.88. The third kappa shape index (κ3) is 5.59. The maximum absolute atomic E-state index is 13.5. The summed E-state index contributed by atoms with van der Waals surface area (Å²) in [5.41, 5.74) is 0.284. The highest BCUT2D eigenvalue weighted by molar-refractivity contribution is 5.94. The van der Waals surface area contributed by atoms with Crippen LogP contribution in [0, 0.1) is 17.5 Å². The molecule has 1 aromatic heterocycles. The first-order valence-electron chi connectivity index (χ1n) is 7.85. The van der Waals surface area contributed by atoms with E-state index in [1.165, 1.54) is 0 Å². The van der Waals surface area contributed by atoms with Crippen LogP contribution in [0.4, 0.5) is 29.5 Å². The minimum absolute atomic E-state index is 0.203. The Morgan fingerprint density at radius 1 is 1.07 bits per heavy atom. The molecular formula is C17H18F3N5O2. The number of nitrogens with one attached hydrogen (secondary N) is 3. The number of benzene rings is 1. The molecule has 2 aromatic rings. The van der Waals surface area contributed by atoms with Gasteiger partial charge in [0, 0.05) is 26.8 Å². The summed E-state index contributed by atoms with van der Waals surface area (Å²) in [7, 11) is 3.67. The molecule has 0 atom stereocenters. The number of pyridine rings is 1. The topological polar surface area (TPSA) is 86.4 Å². The minimum atomic E-state index is -1.69. The lowest BCUT2D eigenvalue weighted by Gasteiger charge is -2.13. The third-order valence-corrected chi connectivity index (χ3v) is 3.44. The van der Waals surface area contributed by atoms with Crippen LogP contribution in [-0.2, 0) is 11.3 Å². The Labute approximate surface area is 153 Å². The van der Waals surface area contributed by atoms with Gasteiger partial charge in [-0.25, -0.2) is 22.9 Å². The van der Waals surface area contributed by atoms with Crippen molar-refractivity contribution in [3.8, 4) is 0 Å². The zero-order valence-electron chi connectivity index (χ0n) is 14.6. The number of nitrogens with zero attached hydrogens (tertiary/aromatic N) is 2. The number of rotatable bonds is 6. The molecule has 0 aliphatic carbocycles. The van der Waals surface area contributed by atoms with Crippen molar-refractivity contribution < 1.29 is 22.8 Å². The summed E-state index contributed by atoms with van der Waals surface area (Å²) in [6, 6.07) is 4.46. The lowest BCUT2D eigenvalue weighted by Crippen LogP contribution is -2.39. The zero-order valence-corrected chi connectivity index (χ0v) is 14.6. The van der Waals surface area contributed by atoms with Gasteiger partial charge in [-0.15, -0.1) is 0 Å². The second-order valence-electron chi connectivity index (χ2n) is 5.72. The summed E-state index contributed by atoms with van der Waals surface area (Å²) in [6.07, 6.45) is 1.61. The molecular weight excluding hydrogens is 363 g/mol. The van der Waals surface area contributed by atoms with Gasteiger partial charge in [0.05, 0.1) is 12.2 Å². The molecule has 0 bridgehead atoms. The number of hydrogen-bond acceptors (Lipinski definition) is 4. The fraction of sp³-hybridized carbons (Fsp3) is 0.235. The highest BCUT2D eigenvalue weighted by atomic mass is 19.2. The van der Waals surface area contributed by atoms with Gasteiger partial charge in [0.25, 0.3) is 0 Å². The summed E-state index contributed by atoms with van der Waals surface area (Å²) in [4.78, 5) is 29.4. The average Bonchev–Trinajstić information content (AvgIpc) is 2.65. The molecule has 0 fully saturated rings. The average molecular weight is 381 g/mol. The highest BCUT2D eigenvalue weighted by Crippen LogP contribution is 2.19. The number of aromatic nitrogens is 1. The number of amides is 3. The highest BCUT2D eigenvalue weighted by Gasteiger charge is 2.15. The number of carbonyl (C=O) groups is 2. The Kier molecular flexibility index (Phi) is 6.58. The smallest absolute Gasteiger partial charge is 0.315 e. The van der Waals surface area contributed by atoms with Gasteiger partial charge in [0.1, 0.15) is 5.82 Å². The molecule has 1 heterocycles. The maximum Gasteiger partial charge on any atom is 0.315 e. The Balaban J connectivity index is 1.81. The van der Waals surface area contributed by atoms with E-state index in [9.17, 15) is 22.8 Å². The van der Waals surface area contributed by atoms with Crippen LogP contribution in [-0.4, -0.2) is 37.6 Å². The fourth-order valence-electron chi connectivity index (χ4n) is 2.04. The lowest BCUT2D eigenvalue weighted by atomic mass is 10.2. The van der Waals surface area contributed by atoms with Crippen LogP contribution in [0.3, 0.4) is 0 Å². The van der Waals surface area contributed by atoms with E-state index in [-0.39, 0.29) is 6.54 Å². The molecule has 0 saturated carbocycles. The van der Waals surface area contributed by atoms with E-state index in [0.29, 0.717) is 6.07 Å². The molecule has 0 unspecified atom stereocenters. The van der Waals surface area contributed by atoms with Crippen molar-refractivity contribution in [2.24, 2.45) is 0 Å². The number of carbonyl (C=O) groups excluding carboxylic acids is 2. The van der Waals surface area contributed by atoms with Crippen LogP contribution in [0.1, 0.15) is 5.56 Å². The second-order valence-corrected chi connectivity index (χ2v) is 5.72. The molecule has 7 nitrogen and oxygen atoms in total. The van der Waals surface area contributed by atoms with Gasteiger partial charge in [-0.3, -0.25) is 4.79 Å². The Hall–Kier alpha value is -3.30. The van der Waals surface area contributed by atoms with Gasteiger partial charge in [-0.2, -0.15) is 0 Å². The molecule has 1 aromatic carbocycles. The summed E-state index contributed by atoms with van der Waals surface area (Å²) in [5.74, 6) is -4.64. The number of halogens is 3. The molecule has 2 rings (SSSR count). The van der Waals surface area contributed by atoms with Crippen LogP contribution in [0.5, 0.6) is 0 Å². The van der Waals surface area contributed by atoms with Gasteiger partial charge in [0.2, 0.25) is 5.91 Å². The molecule has 0 saturated heterocycles. The molecule has 0 spiro atoms. The number of urea groups is 1. The predicted octanol–water partition coefficient (Wildman–Crippen LogP) is 2.00. The first kappa shape index (κ1) is 20.0. The normalized spacial score (nSPS) is 10.3. The van der Waals surface area contributed by atoms with E-state index < -0.39 is 41.6 Å². The van der Waals surface area contributed by atoms with Crippen LogP contribution in [0.25, 0.3) is 0 Å². The molecule has 10 heteroatoms. The maximum atomic E-state index is 13.5. The predicted molar refractivity (Wildman–Crippen MR) is 93.7 cm³/mol. The lowest BCUT2D eigenvalue weighted by molar-refractivity contribution is -0.115. The SMILES string of the molecule is CN(C)c1cc(CNC(=O)NCC(=O)Nc2ccc(F)c(F)c2F)ccn1. The van der Waals surface area contributed by atoms with Gasteiger partial charge in [-0.05, 0) is 29.8 Å². The van der Waals surface area contributed by atoms with Gasteiger partial charge in [0.15, 0.2) is 17.5 Å². The van der Waals surface area contributed by atoms with E-state index in [4.69, 9.17) is 0 Å². The van der Waals surface area contributed by atoms with Gasteiger partial charge in [-0.1, -0.05) is 0 Å². The standard InChI is InChI=1S/C17H18F3N5O2/c1-25(2)13-7-10(5-6-21-13)8-22-17(27)23-9-14(26)24-12-4-3-11(18)15(19)16(12)20/h3-7H,8-9H2,1-2H3,(H,24,26)(H2,22,23,27). The summed E-state index contributed by atoms with van der Waals surface area (Å²) in [5, 5.41) is 6.88. The molecule has 0 aliphatic rings. The summed E-state index contributed by atoms with van der Waals surface area (Å²) >= 11 is 0. The molecule has 0 aliphatic heterocycles. The monoisotopic (exact) mass is 381 g/mol. The molecule has 0 radical (unpaired) electrons. The fourth-order valence-corrected chi connectivity index (χ4v) is 2.04. The van der Waals surface area contributed by atoms with Crippen molar-refractivity contribution in [3.63, 3.8) is 0 Å². The van der Waals surface area contributed by atoms with Gasteiger partial charge < -0.3 is 20.9 Å². The Morgan fingerprint density at radius 3 is 2.52 bits per heavy atom. The van der Waals surface area contributed by atoms with E-state index in [1.54, 1.807) is 18.3 Å². The minimum Gasteiger partial charge on any atom is -0.363 e. The summed E-state index contributed by atoms with van der Waals surface area (Å²) in [6.45, 7) is -0.280. The first-order valence-corrected chi connectivity index (χ1v) is 7.85. The molecule has 27 heavy (non-hydrogen) atoms. The molecule has 3 N–H and O–H groups in total. The van der Waals surface area contributed by atoms with Crippen LogP contribution < -0.4 is 20.9 Å². The van der Waals surface area contributed by atoms with Crippen molar-refractivity contribution in [3.05, 3.63) is 53.5 Å². The van der Waals surface area contributed by atoms with E-state index in [1.807, 2.05) is 19.0 Å². The summed E-state index contributed by atoms with van der Waals surface area (Å²) < 4.78 is 39.4. The van der Waals surface area contributed by atoms with E-state index in [0.717, 1.165) is 17.4 Å². The molecule has 3 amide bonds. The van der Waals surface area contributed by atoms with Crippen molar-refractivity contribution in [2.45, 2.75) is 6.54 Å². The first-order chi connectivity index (χ1) is 12.8. The van der Waals surface area contributed by atoms with Crippen molar-refractivity contribution in [1.82, 2.24) is 15.6 Å². The largest absolute Gasteiger partial charge is 0.363 e. The van der Waals surface area contributed by atoms with Crippen molar-refractivity contribution in [2.75, 3.05) is 30.9 Å².